The molecule has 1 N–H and O–H groups in total. The highest BCUT2D eigenvalue weighted by molar-refractivity contribution is 8.16. The Morgan fingerprint density at radius 1 is 1.17 bits per heavy atom. The Bertz CT molecular complexity index is 1060. The van der Waals surface area contributed by atoms with Gasteiger partial charge in [0.05, 0.1) is 29.3 Å². The van der Waals surface area contributed by atoms with Gasteiger partial charge in [-0.2, -0.15) is 13.2 Å². The molecule has 2 atom stereocenters. The summed E-state index contributed by atoms with van der Waals surface area (Å²) in [5, 5.41) is 5.36. The highest BCUT2D eigenvalue weighted by atomic mass is 32.2. The van der Waals surface area contributed by atoms with E-state index in [2.05, 4.69) is 10.3 Å². The molecule has 190 valence electrons. The molecular weight excluding hydrogens is 477 g/mol. The number of likely N-dealkylation sites (N-methyl/N-ethyl adjacent to an activating group) is 1. The van der Waals surface area contributed by atoms with Crippen LogP contribution >= 0.6 is 11.8 Å². The quantitative estimate of drug-likeness (QED) is 0.507. The third kappa shape index (κ3) is 5.74. The van der Waals surface area contributed by atoms with Gasteiger partial charge in [-0.1, -0.05) is 30.8 Å². The van der Waals surface area contributed by atoms with Crippen LogP contribution in [0.25, 0.3) is 0 Å². The molecule has 35 heavy (non-hydrogen) atoms. The largest absolute Gasteiger partial charge is 0.416 e. The highest BCUT2D eigenvalue weighted by Gasteiger charge is 2.41. The average Bonchev–Trinajstić information content (AvgIpc) is 3.19. The number of rotatable bonds is 8. The van der Waals surface area contributed by atoms with Crippen LogP contribution in [0.5, 0.6) is 0 Å². The van der Waals surface area contributed by atoms with Gasteiger partial charge in [-0.3, -0.25) is 9.59 Å². The lowest BCUT2D eigenvalue weighted by Crippen LogP contribution is -2.42. The summed E-state index contributed by atoms with van der Waals surface area (Å²) in [4.78, 5) is 34.4. The molecule has 0 aliphatic carbocycles. The minimum Gasteiger partial charge on any atom is -0.353 e. The Labute approximate surface area is 208 Å². The van der Waals surface area contributed by atoms with Crippen molar-refractivity contribution in [3.63, 3.8) is 0 Å². The van der Waals surface area contributed by atoms with Crippen molar-refractivity contribution < 1.29 is 22.8 Å². The van der Waals surface area contributed by atoms with Crippen molar-refractivity contribution in [1.29, 1.82) is 0 Å². The zero-order chi connectivity index (χ0) is 25.9. The van der Waals surface area contributed by atoms with Gasteiger partial charge in [0.1, 0.15) is 0 Å². The van der Waals surface area contributed by atoms with Crippen LogP contribution in [0.3, 0.4) is 0 Å². The molecular formula is C25H31F3N4O2S. The summed E-state index contributed by atoms with van der Waals surface area (Å²) in [6.07, 6.45) is -3.61. The lowest BCUT2D eigenvalue weighted by molar-refractivity contribution is -0.137. The van der Waals surface area contributed by atoms with E-state index >= 15 is 0 Å². The highest BCUT2D eigenvalue weighted by Crippen LogP contribution is 2.45. The minimum atomic E-state index is -4.47. The molecule has 10 heteroatoms. The summed E-state index contributed by atoms with van der Waals surface area (Å²) in [6, 6.07) is 4.17. The maximum Gasteiger partial charge on any atom is 0.416 e. The Morgan fingerprint density at radius 3 is 2.34 bits per heavy atom. The normalized spacial score (nSPS) is 18.6. The third-order valence-electron chi connectivity index (χ3n) is 6.20. The number of alkyl halides is 3. The number of hydrogen-bond donors (Lipinski definition) is 1. The zero-order valence-electron chi connectivity index (χ0n) is 20.6. The molecule has 0 bridgehead atoms. The molecule has 3 rings (SSSR count). The maximum atomic E-state index is 13.6. The molecule has 2 aliphatic heterocycles. The van der Waals surface area contributed by atoms with Crippen LogP contribution in [-0.4, -0.2) is 45.9 Å². The van der Waals surface area contributed by atoms with Crippen LogP contribution in [0.4, 0.5) is 13.2 Å². The lowest BCUT2D eigenvalue weighted by Gasteiger charge is -2.38. The molecule has 2 unspecified atom stereocenters. The summed E-state index contributed by atoms with van der Waals surface area (Å²) in [7, 11) is 0. The SMILES string of the molecule is CCC(C)NC(=O)CC1=CSC2=NC(C)=C(C(=O)N(CC)CC)C(c3ccc(C(F)(F)F)cc3)N12. The topological polar surface area (TPSA) is 65.0 Å². The first kappa shape index (κ1) is 26.8. The van der Waals surface area contributed by atoms with Gasteiger partial charge in [-0.25, -0.2) is 4.99 Å². The Morgan fingerprint density at radius 2 is 1.80 bits per heavy atom. The number of nitrogens with one attached hydrogen (secondary N) is 1. The van der Waals surface area contributed by atoms with Crippen LogP contribution in [-0.2, 0) is 15.8 Å². The number of amides is 2. The fraction of sp³-hybridized carbons (Fsp3) is 0.480. The van der Waals surface area contributed by atoms with E-state index in [-0.39, 0.29) is 24.3 Å². The third-order valence-corrected chi connectivity index (χ3v) is 7.09. The lowest BCUT2D eigenvalue weighted by atomic mass is 9.92. The van der Waals surface area contributed by atoms with E-state index in [4.69, 9.17) is 0 Å². The molecule has 0 saturated heterocycles. The predicted octanol–water partition coefficient (Wildman–Crippen LogP) is 5.45. The predicted molar refractivity (Wildman–Crippen MR) is 132 cm³/mol. The van der Waals surface area contributed by atoms with Crippen molar-refractivity contribution in [2.75, 3.05) is 13.1 Å². The second-order valence-electron chi connectivity index (χ2n) is 8.54. The molecule has 0 spiro atoms. The van der Waals surface area contributed by atoms with Crippen molar-refractivity contribution in [2.24, 2.45) is 4.99 Å². The van der Waals surface area contributed by atoms with Crippen LogP contribution in [0, 0.1) is 0 Å². The Kier molecular flexibility index (Phi) is 8.35. The first-order valence-corrected chi connectivity index (χ1v) is 12.6. The molecule has 2 heterocycles. The van der Waals surface area contributed by atoms with Crippen molar-refractivity contribution in [1.82, 2.24) is 15.1 Å². The van der Waals surface area contributed by atoms with E-state index < -0.39 is 17.8 Å². The number of halogens is 3. The van der Waals surface area contributed by atoms with Gasteiger partial charge in [-0.15, -0.1) is 0 Å². The van der Waals surface area contributed by atoms with Gasteiger partial charge in [0.2, 0.25) is 5.91 Å². The number of thioether (sulfide) groups is 1. The molecule has 1 aromatic rings. The Hall–Kier alpha value is -2.75. The Balaban J connectivity index is 2.06. The summed E-state index contributed by atoms with van der Waals surface area (Å²) < 4.78 is 39.7. The minimum absolute atomic E-state index is 0.0132. The van der Waals surface area contributed by atoms with Crippen molar-refractivity contribution >= 4 is 28.7 Å². The molecule has 0 fully saturated rings. The average molecular weight is 509 g/mol. The van der Waals surface area contributed by atoms with E-state index in [1.807, 2.05) is 38.0 Å². The van der Waals surface area contributed by atoms with Crippen molar-refractivity contribution in [2.45, 2.75) is 65.7 Å². The molecule has 0 saturated carbocycles. The second kappa shape index (κ2) is 10.9. The van der Waals surface area contributed by atoms with E-state index in [9.17, 15) is 22.8 Å². The van der Waals surface area contributed by atoms with Crippen molar-refractivity contribution in [3.8, 4) is 0 Å². The molecule has 0 radical (unpaired) electrons. The van der Waals surface area contributed by atoms with Crippen LogP contribution < -0.4 is 5.32 Å². The standard InChI is InChI=1S/C25H31F3N4O2S/c1-6-15(4)29-20(33)13-19-14-35-24-30-16(5)21(23(34)31(7-2)8-3)22(32(19)24)17-9-11-18(12-10-17)25(26,27)28/h9-12,14-15,22H,6-8,13H2,1-5H3,(H,29,33). The van der Waals surface area contributed by atoms with Gasteiger partial charge in [0.25, 0.3) is 5.91 Å². The smallest absolute Gasteiger partial charge is 0.353 e. The maximum absolute atomic E-state index is 13.6. The summed E-state index contributed by atoms with van der Waals surface area (Å²) in [6.45, 7) is 10.4. The molecule has 1 aromatic carbocycles. The van der Waals surface area contributed by atoms with E-state index in [0.717, 1.165) is 18.6 Å². The van der Waals surface area contributed by atoms with Crippen LogP contribution in [0.15, 0.2) is 51.6 Å². The number of fused-ring (bicyclic) bond motifs is 1. The van der Waals surface area contributed by atoms with Gasteiger partial charge < -0.3 is 15.1 Å². The number of amidine groups is 1. The second-order valence-corrected chi connectivity index (χ2v) is 9.38. The monoisotopic (exact) mass is 508 g/mol. The van der Waals surface area contributed by atoms with E-state index in [0.29, 0.717) is 40.8 Å². The number of carbonyl (C=O) groups excluding carboxylic acids is 2. The van der Waals surface area contributed by atoms with Crippen LogP contribution in [0.1, 0.15) is 64.6 Å². The van der Waals surface area contributed by atoms with Crippen molar-refractivity contribution in [3.05, 3.63) is 57.8 Å². The first-order chi connectivity index (χ1) is 16.5. The summed E-state index contributed by atoms with van der Waals surface area (Å²) in [5.41, 5.74) is 1.33. The first-order valence-electron chi connectivity index (χ1n) is 11.7. The number of hydrogen-bond acceptors (Lipinski definition) is 5. The number of benzene rings is 1. The van der Waals surface area contributed by atoms with Crippen LogP contribution in [0.2, 0.25) is 0 Å². The van der Waals surface area contributed by atoms with E-state index in [1.54, 1.807) is 11.8 Å². The zero-order valence-corrected chi connectivity index (χ0v) is 21.4. The molecule has 6 nitrogen and oxygen atoms in total. The molecule has 2 aliphatic rings. The number of carbonyl (C=O) groups is 2. The van der Waals surface area contributed by atoms with Gasteiger partial charge in [-0.05, 0) is 57.2 Å². The summed E-state index contributed by atoms with van der Waals surface area (Å²) in [5.74, 6) is -0.387. The fourth-order valence-corrected chi connectivity index (χ4v) is 5.05. The summed E-state index contributed by atoms with van der Waals surface area (Å²) >= 11 is 1.34. The van der Waals surface area contributed by atoms with E-state index in [1.165, 1.54) is 23.9 Å². The molecule has 2 amide bonds. The van der Waals surface area contributed by atoms with Gasteiger partial charge >= 0.3 is 6.18 Å². The number of aliphatic imine (C=N–C) groups is 1. The fourth-order valence-electron chi connectivity index (χ4n) is 4.09. The van der Waals surface area contributed by atoms with Gasteiger partial charge in [0.15, 0.2) is 5.17 Å². The van der Waals surface area contributed by atoms with Gasteiger partial charge in [0, 0.05) is 24.8 Å². The number of nitrogens with zero attached hydrogens (tertiary/aromatic N) is 3. The number of allylic oxidation sites excluding steroid dienone is 1. The molecule has 0 aromatic heterocycles.